The van der Waals surface area contributed by atoms with Crippen LogP contribution in [0.25, 0.3) is 11.2 Å². The van der Waals surface area contributed by atoms with Crippen molar-refractivity contribution in [2.75, 3.05) is 23.9 Å². The van der Waals surface area contributed by atoms with Crippen LogP contribution in [-0.4, -0.2) is 38.7 Å². The first-order valence-corrected chi connectivity index (χ1v) is 8.16. The van der Waals surface area contributed by atoms with Crippen LogP contribution < -0.4 is 15.8 Å². The Labute approximate surface area is 146 Å². The highest BCUT2D eigenvalue weighted by molar-refractivity contribution is 8.00. The van der Waals surface area contributed by atoms with Gasteiger partial charge in [-0.3, -0.25) is 4.79 Å². The number of nitrogen functional groups attached to an aromatic ring is 1. The number of ether oxygens (including phenoxy) is 1. The molecule has 2 aromatic heterocycles. The third-order valence-electron chi connectivity index (χ3n) is 3.05. The number of halogens is 1. The third-order valence-corrected chi connectivity index (χ3v) is 4.32. The van der Waals surface area contributed by atoms with E-state index in [2.05, 4.69) is 25.3 Å². The highest BCUT2D eigenvalue weighted by atomic mass is 35.5. The summed E-state index contributed by atoms with van der Waals surface area (Å²) in [6.07, 6.45) is 1.50. The van der Waals surface area contributed by atoms with Gasteiger partial charge >= 0.3 is 0 Å². The van der Waals surface area contributed by atoms with E-state index >= 15 is 0 Å². The van der Waals surface area contributed by atoms with E-state index in [0.717, 1.165) is 0 Å². The molecule has 0 radical (unpaired) electrons. The Kier molecular flexibility index (Phi) is 4.72. The van der Waals surface area contributed by atoms with Gasteiger partial charge in [-0.05, 0) is 18.2 Å². The standard InChI is InChI=1S/C14H13ClN6O2S/c1-23-9-3-2-7(4-8(9)15)19-10(22)5-24-13-11-12(18-6-17-11)20-14(16)21-13/h2-4,6H,5H2,1H3,(H,19,22)(H3,16,17,18,20,21). The maximum atomic E-state index is 12.1. The number of aromatic nitrogens is 4. The van der Waals surface area contributed by atoms with Gasteiger partial charge in [-0.1, -0.05) is 23.4 Å². The molecule has 0 aliphatic carbocycles. The number of anilines is 2. The first-order chi connectivity index (χ1) is 11.6. The number of rotatable bonds is 5. The van der Waals surface area contributed by atoms with Crippen LogP contribution in [0.5, 0.6) is 5.75 Å². The second kappa shape index (κ2) is 6.93. The fraction of sp³-hybridized carbons (Fsp3) is 0.143. The Morgan fingerprint density at radius 3 is 3.04 bits per heavy atom. The fourth-order valence-corrected chi connectivity index (χ4v) is 3.05. The van der Waals surface area contributed by atoms with Gasteiger partial charge in [-0.25, -0.2) is 9.97 Å². The van der Waals surface area contributed by atoms with E-state index in [1.807, 2.05) is 0 Å². The Morgan fingerprint density at radius 1 is 1.46 bits per heavy atom. The molecule has 0 spiro atoms. The van der Waals surface area contributed by atoms with Crippen LogP contribution in [0, 0.1) is 0 Å². The van der Waals surface area contributed by atoms with E-state index in [0.29, 0.717) is 32.6 Å². The van der Waals surface area contributed by atoms with Crippen molar-refractivity contribution in [3.8, 4) is 5.75 Å². The van der Waals surface area contributed by atoms with E-state index in [-0.39, 0.29) is 17.6 Å². The minimum absolute atomic E-state index is 0.111. The number of amides is 1. The zero-order valence-corrected chi connectivity index (χ0v) is 14.1. The molecule has 0 atom stereocenters. The quantitative estimate of drug-likeness (QED) is 0.469. The topological polar surface area (TPSA) is 119 Å². The van der Waals surface area contributed by atoms with Gasteiger partial charge in [0.2, 0.25) is 11.9 Å². The average molecular weight is 365 g/mol. The van der Waals surface area contributed by atoms with Crippen molar-refractivity contribution in [2.24, 2.45) is 0 Å². The minimum atomic E-state index is -0.203. The van der Waals surface area contributed by atoms with Crippen LogP contribution in [0.15, 0.2) is 29.6 Å². The first-order valence-electron chi connectivity index (χ1n) is 6.79. The molecular formula is C14H13ClN6O2S. The number of fused-ring (bicyclic) bond motifs is 1. The Hall–Kier alpha value is -2.52. The number of carbonyl (C=O) groups excluding carboxylic acids is 1. The number of carbonyl (C=O) groups is 1. The second-order valence-corrected chi connectivity index (χ2v) is 6.05. The number of nitrogens with one attached hydrogen (secondary N) is 2. The highest BCUT2D eigenvalue weighted by Crippen LogP contribution is 2.28. The number of thioether (sulfide) groups is 1. The molecule has 3 rings (SSSR count). The number of hydrogen-bond donors (Lipinski definition) is 3. The lowest BCUT2D eigenvalue weighted by Gasteiger charge is -2.08. The number of methoxy groups -OCH3 is 1. The summed E-state index contributed by atoms with van der Waals surface area (Å²) in [4.78, 5) is 27.2. The molecular weight excluding hydrogens is 352 g/mol. The van der Waals surface area contributed by atoms with Gasteiger partial charge in [0.25, 0.3) is 0 Å². The molecule has 124 valence electrons. The smallest absolute Gasteiger partial charge is 0.234 e. The average Bonchev–Trinajstić information content (AvgIpc) is 3.01. The van der Waals surface area contributed by atoms with E-state index in [1.54, 1.807) is 18.2 Å². The van der Waals surface area contributed by atoms with E-state index in [1.165, 1.54) is 25.2 Å². The van der Waals surface area contributed by atoms with E-state index < -0.39 is 0 Å². The lowest BCUT2D eigenvalue weighted by Crippen LogP contribution is -2.14. The molecule has 0 saturated carbocycles. The molecule has 10 heteroatoms. The van der Waals surface area contributed by atoms with Gasteiger partial charge in [0, 0.05) is 5.69 Å². The summed E-state index contributed by atoms with van der Waals surface area (Å²) in [5.41, 5.74) is 7.34. The van der Waals surface area contributed by atoms with Crippen LogP contribution in [0.2, 0.25) is 5.02 Å². The van der Waals surface area contributed by atoms with Crippen LogP contribution in [0.3, 0.4) is 0 Å². The van der Waals surface area contributed by atoms with E-state index in [9.17, 15) is 4.79 Å². The molecule has 0 saturated heterocycles. The molecule has 4 N–H and O–H groups in total. The third kappa shape index (κ3) is 3.52. The van der Waals surface area contributed by atoms with Crippen molar-refractivity contribution >= 4 is 52.1 Å². The maximum Gasteiger partial charge on any atom is 0.234 e. The summed E-state index contributed by atoms with van der Waals surface area (Å²) in [6.45, 7) is 0. The van der Waals surface area contributed by atoms with Gasteiger partial charge in [0.1, 0.15) is 16.3 Å². The number of imidazole rings is 1. The van der Waals surface area contributed by atoms with Crippen molar-refractivity contribution in [1.29, 1.82) is 0 Å². The molecule has 3 aromatic rings. The predicted molar refractivity (Wildman–Crippen MR) is 93.5 cm³/mol. The zero-order valence-electron chi connectivity index (χ0n) is 12.5. The molecule has 0 aliphatic heterocycles. The maximum absolute atomic E-state index is 12.1. The van der Waals surface area contributed by atoms with Crippen molar-refractivity contribution in [1.82, 2.24) is 19.9 Å². The van der Waals surface area contributed by atoms with Gasteiger partial charge in [0.05, 0.1) is 24.2 Å². The highest BCUT2D eigenvalue weighted by Gasteiger charge is 2.12. The van der Waals surface area contributed by atoms with Gasteiger partial charge in [-0.2, -0.15) is 4.98 Å². The molecule has 2 heterocycles. The minimum Gasteiger partial charge on any atom is -0.495 e. The van der Waals surface area contributed by atoms with Gasteiger partial charge < -0.3 is 20.8 Å². The van der Waals surface area contributed by atoms with Crippen LogP contribution in [0.4, 0.5) is 11.6 Å². The fourth-order valence-electron chi connectivity index (χ4n) is 2.00. The zero-order chi connectivity index (χ0) is 17.1. The van der Waals surface area contributed by atoms with Crippen LogP contribution in [-0.2, 0) is 4.79 Å². The normalized spacial score (nSPS) is 10.8. The number of nitrogens with two attached hydrogens (primary N) is 1. The molecule has 24 heavy (non-hydrogen) atoms. The second-order valence-electron chi connectivity index (χ2n) is 4.67. The molecule has 0 fully saturated rings. The predicted octanol–water partition coefficient (Wildman–Crippen LogP) is 2.33. The van der Waals surface area contributed by atoms with E-state index in [4.69, 9.17) is 22.1 Å². The SMILES string of the molecule is COc1ccc(NC(=O)CSc2nc(N)nc3nc[nH]c23)cc1Cl. The first kappa shape index (κ1) is 16.3. The lowest BCUT2D eigenvalue weighted by atomic mass is 10.3. The van der Waals surface area contributed by atoms with Gasteiger partial charge in [0.15, 0.2) is 5.65 Å². The Morgan fingerprint density at radius 2 is 2.29 bits per heavy atom. The molecule has 0 unspecified atom stereocenters. The number of benzene rings is 1. The molecule has 1 aromatic carbocycles. The van der Waals surface area contributed by atoms with Crippen molar-refractivity contribution in [3.05, 3.63) is 29.5 Å². The lowest BCUT2D eigenvalue weighted by molar-refractivity contribution is -0.113. The largest absolute Gasteiger partial charge is 0.495 e. The summed E-state index contributed by atoms with van der Waals surface area (Å²) < 4.78 is 5.07. The van der Waals surface area contributed by atoms with Crippen LogP contribution >= 0.6 is 23.4 Å². The molecule has 1 amide bonds. The number of hydrogen-bond acceptors (Lipinski definition) is 7. The number of nitrogens with zero attached hydrogens (tertiary/aromatic N) is 3. The van der Waals surface area contributed by atoms with Crippen molar-refractivity contribution in [2.45, 2.75) is 5.03 Å². The number of H-pyrrole nitrogens is 1. The molecule has 0 bridgehead atoms. The molecule has 0 aliphatic rings. The Balaban J connectivity index is 1.67. The number of aromatic amines is 1. The summed E-state index contributed by atoms with van der Waals surface area (Å²) in [5.74, 6) is 0.599. The van der Waals surface area contributed by atoms with Crippen molar-refractivity contribution in [3.63, 3.8) is 0 Å². The van der Waals surface area contributed by atoms with Gasteiger partial charge in [-0.15, -0.1) is 0 Å². The van der Waals surface area contributed by atoms with Crippen LogP contribution in [0.1, 0.15) is 0 Å². The monoisotopic (exact) mass is 364 g/mol. The Bertz CT molecular complexity index is 900. The summed E-state index contributed by atoms with van der Waals surface area (Å²) in [6, 6.07) is 5.02. The molecule has 8 nitrogen and oxygen atoms in total. The summed E-state index contributed by atoms with van der Waals surface area (Å²) in [5, 5.41) is 3.75. The summed E-state index contributed by atoms with van der Waals surface area (Å²) >= 11 is 7.27. The summed E-state index contributed by atoms with van der Waals surface area (Å²) in [7, 11) is 1.53. The van der Waals surface area contributed by atoms with Crippen molar-refractivity contribution < 1.29 is 9.53 Å².